The second-order valence-corrected chi connectivity index (χ2v) is 8.69. The Hall–Kier alpha value is -2.48. The molecule has 1 unspecified atom stereocenters. The quantitative estimate of drug-likeness (QED) is 0.782. The summed E-state index contributed by atoms with van der Waals surface area (Å²) in [5.41, 5.74) is 0.205. The first-order valence-electron chi connectivity index (χ1n) is 9.66. The van der Waals surface area contributed by atoms with Crippen LogP contribution in [0.3, 0.4) is 0 Å². The molecule has 1 atom stereocenters. The van der Waals surface area contributed by atoms with Crippen molar-refractivity contribution in [3.05, 3.63) is 29.3 Å². The second-order valence-electron chi connectivity index (χ2n) is 7.63. The third kappa shape index (κ3) is 3.15. The van der Waals surface area contributed by atoms with Crippen LogP contribution in [0.1, 0.15) is 50.1 Å². The van der Waals surface area contributed by atoms with Crippen LogP contribution in [-0.2, 0) is 9.59 Å². The zero-order valence-corrected chi connectivity index (χ0v) is 16.9. The average molecular weight is 401 g/mol. The van der Waals surface area contributed by atoms with Gasteiger partial charge in [-0.3, -0.25) is 14.5 Å². The zero-order chi connectivity index (χ0) is 19.9. The maximum absolute atomic E-state index is 12.7. The summed E-state index contributed by atoms with van der Waals surface area (Å²) in [6.45, 7) is 2.05. The smallest absolute Gasteiger partial charge is 0.325 e. The van der Waals surface area contributed by atoms with Gasteiger partial charge in [-0.1, -0.05) is 25.0 Å². The molecule has 2 fully saturated rings. The Morgan fingerprint density at radius 3 is 2.75 bits per heavy atom. The van der Waals surface area contributed by atoms with Crippen LogP contribution in [-0.4, -0.2) is 51.8 Å². The van der Waals surface area contributed by atoms with Crippen molar-refractivity contribution in [3.8, 4) is 0 Å². The molecule has 1 aromatic carbocycles. The summed E-state index contributed by atoms with van der Waals surface area (Å²) in [5.74, 6) is -0.288. The zero-order valence-electron chi connectivity index (χ0n) is 16.1. The van der Waals surface area contributed by atoms with Crippen molar-refractivity contribution < 1.29 is 14.4 Å². The third-order valence-corrected chi connectivity index (χ3v) is 7.10. The fourth-order valence-electron chi connectivity index (χ4n) is 4.03. The molecule has 7 nitrogen and oxygen atoms in total. The summed E-state index contributed by atoms with van der Waals surface area (Å²) in [5, 5.41) is 3.72. The summed E-state index contributed by atoms with van der Waals surface area (Å²) in [7, 11) is 1.74. The number of amides is 4. The van der Waals surface area contributed by atoms with E-state index < -0.39 is 5.54 Å². The number of para-hydroxylation sites is 1. The van der Waals surface area contributed by atoms with E-state index in [1.54, 1.807) is 23.3 Å². The van der Waals surface area contributed by atoms with Crippen molar-refractivity contribution in [2.45, 2.75) is 50.6 Å². The van der Waals surface area contributed by atoms with Crippen LogP contribution >= 0.6 is 11.3 Å². The molecule has 1 aromatic heterocycles. The van der Waals surface area contributed by atoms with Gasteiger partial charge in [0.1, 0.15) is 10.5 Å². The summed E-state index contributed by atoms with van der Waals surface area (Å²) < 4.78 is 1.09. The lowest BCUT2D eigenvalue weighted by Gasteiger charge is -2.24. The maximum atomic E-state index is 12.7. The number of nitrogens with zero attached hydrogens (tertiary/aromatic N) is 3. The van der Waals surface area contributed by atoms with E-state index in [1.165, 1.54) is 4.90 Å². The number of aromatic nitrogens is 1. The predicted octanol–water partition coefficient (Wildman–Crippen LogP) is 3.07. The predicted molar refractivity (Wildman–Crippen MR) is 107 cm³/mol. The second kappa shape index (κ2) is 7.16. The van der Waals surface area contributed by atoms with Gasteiger partial charge in [0.25, 0.3) is 5.91 Å². The molecule has 1 aliphatic carbocycles. The van der Waals surface area contributed by atoms with E-state index in [1.807, 2.05) is 31.2 Å². The molecule has 1 N–H and O–H groups in total. The minimum absolute atomic E-state index is 0.111. The van der Waals surface area contributed by atoms with Crippen LogP contribution in [0.2, 0.25) is 0 Å². The van der Waals surface area contributed by atoms with Crippen molar-refractivity contribution in [2.24, 2.45) is 0 Å². The lowest BCUT2D eigenvalue weighted by atomic mass is 9.98. The van der Waals surface area contributed by atoms with Gasteiger partial charge in [0, 0.05) is 20.0 Å². The monoisotopic (exact) mass is 400 g/mol. The molecule has 2 heterocycles. The third-order valence-electron chi connectivity index (χ3n) is 5.89. The van der Waals surface area contributed by atoms with Crippen LogP contribution in [0.5, 0.6) is 0 Å². The van der Waals surface area contributed by atoms with Gasteiger partial charge < -0.3 is 10.2 Å². The SMILES string of the molecule is CC(c1nc2ccccc2s1)N(C)C(=O)CCN1C(=O)NC2(CCCC2)C1=O. The highest BCUT2D eigenvalue weighted by Crippen LogP contribution is 2.35. The van der Waals surface area contributed by atoms with E-state index >= 15 is 0 Å². The number of thiazole rings is 1. The molecule has 0 bridgehead atoms. The lowest BCUT2D eigenvalue weighted by molar-refractivity contribution is -0.134. The molecule has 1 saturated heterocycles. The van der Waals surface area contributed by atoms with E-state index in [-0.39, 0.29) is 36.9 Å². The molecule has 4 amide bonds. The molecule has 148 valence electrons. The first-order valence-corrected chi connectivity index (χ1v) is 10.5. The Labute approximate surface area is 167 Å². The van der Waals surface area contributed by atoms with Gasteiger partial charge in [-0.2, -0.15) is 0 Å². The maximum Gasteiger partial charge on any atom is 0.325 e. The normalized spacial score (nSPS) is 19.4. The van der Waals surface area contributed by atoms with E-state index in [9.17, 15) is 14.4 Å². The number of fused-ring (bicyclic) bond motifs is 1. The Bertz CT molecular complexity index is 901. The van der Waals surface area contributed by atoms with Crippen LogP contribution in [0.15, 0.2) is 24.3 Å². The van der Waals surface area contributed by atoms with Crippen LogP contribution in [0.25, 0.3) is 10.2 Å². The molecule has 28 heavy (non-hydrogen) atoms. The fourth-order valence-corrected chi connectivity index (χ4v) is 5.09. The minimum atomic E-state index is -0.722. The van der Waals surface area contributed by atoms with Crippen LogP contribution in [0, 0.1) is 0 Å². The number of hydrogen-bond acceptors (Lipinski definition) is 5. The number of carbonyl (C=O) groups excluding carboxylic acids is 3. The van der Waals surface area contributed by atoms with Gasteiger partial charge in [-0.25, -0.2) is 9.78 Å². The summed E-state index contributed by atoms with van der Waals surface area (Å²) in [6.07, 6.45) is 3.39. The highest BCUT2D eigenvalue weighted by Gasteiger charge is 2.52. The average Bonchev–Trinajstić information content (AvgIpc) is 3.38. The first-order chi connectivity index (χ1) is 13.4. The number of benzene rings is 1. The van der Waals surface area contributed by atoms with Crippen molar-refractivity contribution in [1.29, 1.82) is 0 Å². The van der Waals surface area contributed by atoms with Crippen molar-refractivity contribution in [1.82, 2.24) is 20.1 Å². The Morgan fingerprint density at radius 1 is 1.32 bits per heavy atom. The first kappa shape index (κ1) is 18.9. The molecular formula is C20H24N4O3S. The topological polar surface area (TPSA) is 82.6 Å². The standard InChI is InChI=1S/C20H24N4O3S/c1-13(17-21-14-7-3-4-8-15(14)28-17)23(2)16(25)9-12-24-18(26)20(22-19(24)27)10-5-6-11-20/h3-4,7-8,13H,5-6,9-12H2,1-2H3,(H,22,27). The summed E-state index contributed by atoms with van der Waals surface area (Å²) in [4.78, 5) is 45.1. The van der Waals surface area contributed by atoms with Crippen LogP contribution in [0.4, 0.5) is 4.79 Å². The van der Waals surface area contributed by atoms with Gasteiger partial charge >= 0.3 is 6.03 Å². The van der Waals surface area contributed by atoms with Crippen molar-refractivity contribution in [2.75, 3.05) is 13.6 Å². The molecule has 8 heteroatoms. The Balaban J connectivity index is 1.39. The number of carbonyl (C=O) groups is 3. The minimum Gasteiger partial charge on any atom is -0.337 e. The molecule has 4 rings (SSSR count). The van der Waals surface area contributed by atoms with Crippen molar-refractivity contribution in [3.63, 3.8) is 0 Å². The number of imide groups is 1. The Morgan fingerprint density at radius 2 is 2.04 bits per heavy atom. The largest absolute Gasteiger partial charge is 0.337 e. The number of nitrogens with one attached hydrogen (secondary N) is 1. The number of rotatable bonds is 5. The van der Waals surface area contributed by atoms with Gasteiger partial charge in [-0.15, -0.1) is 11.3 Å². The van der Waals surface area contributed by atoms with Gasteiger partial charge in [0.15, 0.2) is 0 Å². The van der Waals surface area contributed by atoms with Crippen molar-refractivity contribution >= 4 is 39.4 Å². The van der Waals surface area contributed by atoms with E-state index in [4.69, 9.17) is 0 Å². The molecule has 2 aromatic rings. The van der Waals surface area contributed by atoms with Gasteiger partial charge in [-0.05, 0) is 31.9 Å². The molecule has 0 radical (unpaired) electrons. The van der Waals surface area contributed by atoms with E-state index in [0.717, 1.165) is 28.1 Å². The van der Waals surface area contributed by atoms with Gasteiger partial charge in [0.05, 0.1) is 16.3 Å². The van der Waals surface area contributed by atoms with E-state index in [2.05, 4.69) is 10.3 Å². The highest BCUT2D eigenvalue weighted by molar-refractivity contribution is 7.18. The molecule has 1 aliphatic heterocycles. The molecule has 1 saturated carbocycles. The highest BCUT2D eigenvalue weighted by atomic mass is 32.1. The number of urea groups is 1. The van der Waals surface area contributed by atoms with E-state index in [0.29, 0.717) is 12.8 Å². The molecule has 2 aliphatic rings. The van der Waals surface area contributed by atoms with Gasteiger partial charge in [0.2, 0.25) is 5.91 Å². The molecular weight excluding hydrogens is 376 g/mol. The summed E-state index contributed by atoms with van der Waals surface area (Å²) >= 11 is 1.57. The summed E-state index contributed by atoms with van der Waals surface area (Å²) in [6, 6.07) is 7.34. The van der Waals surface area contributed by atoms with Crippen LogP contribution < -0.4 is 5.32 Å². The fraction of sp³-hybridized carbons (Fsp3) is 0.500. The number of hydrogen-bond donors (Lipinski definition) is 1. The Kier molecular flexibility index (Phi) is 4.82. The molecule has 1 spiro atoms. The lowest BCUT2D eigenvalue weighted by Crippen LogP contribution is -2.44.